The van der Waals surface area contributed by atoms with Crippen LogP contribution < -0.4 is 4.90 Å². The average molecular weight is 174 g/mol. The predicted octanol–water partition coefficient (Wildman–Crippen LogP) is 1.15. The van der Waals surface area contributed by atoms with E-state index in [4.69, 9.17) is 0 Å². The number of hydrogen-bond acceptors (Lipinski definition) is 2. The van der Waals surface area contributed by atoms with Crippen molar-refractivity contribution in [2.75, 3.05) is 19.0 Å². The summed E-state index contributed by atoms with van der Waals surface area (Å²) in [6.07, 6.45) is 3.57. The number of pyridine rings is 1. The molecule has 0 radical (unpaired) electrons. The zero-order valence-electron chi connectivity index (χ0n) is 6.11. The van der Waals surface area contributed by atoms with Gasteiger partial charge in [-0.3, -0.25) is 4.98 Å². The normalized spacial score (nSPS) is 8.20. The quantitative estimate of drug-likeness (QED) is 0.634. The molecule has 1 aromatic heterocycles. The molecular formula is C7H10CrN2. The molecule has 0 aliphatic rings. The summed E-state index contributed by atoms with van der Waals surface area (Å²) in [7, 11) is 4.02. The minimum atomic E-state index is 0. The van der Waals surface area contributed by atoms with E-state index in [0.717, 1.165) is 0 Å². The van der Waals surface area contributed by atoms with Crippen molar-refractivity contribution in [1.82, 2.24) is 4.98 Å². The average Bonchev–Trinajstić information content (AvgIpc) is 1.90. The molecule has 0 spiro atoms. The van der Waals surface area contributed by atoms with E-state index >= 15 is 0 Å². The van der Waals surface area contributed by atoms with Crippen molar-refractivity contribution in [3.05, 3.63) is 24.5 Å². The first-order valence-electron chi connectivity index (χ1n) is 2.88. The molecule has 0 aliphatic carbocycles. The predicted molar refractivity (Wildman–Crippen MR) is 38.6 cm³/mol. The Morgan fingerprint density at radius 3 is 2.00 bits per heavy atom. The Labute approximate surface area is 72.0 Å². The number of anilines is 1. The second kappa shape index (κ2) is 4.32. The number of hydrogen-bond donors (Lipinski definition) is 0. The van der Waals surface area contributed by atoms with Crippen LogP contribution in [0.1, 0.15) is 0 Å². The third-order valence-corrected chi connectivity index (χ3v) is 1.18. The maximum atomic E-state index is 3.90. The Morgan fingerprint density at radius 2 is 1.70 bits per heavy atom. The van der Waals surface area contributed by atoms with Gasteiger partial charge in [0.25, 0.3) is 0 Å². The summed E-state index contributed by atoms with van der Waals surface area (Å²) in [6, 6.07) is 3.94. The molecule has 10 heavy (non-hydrogen) atoms. The zero-order chi connectivity index (χ0) is 6.69. The van der Waals surface area contributed by atoms with Crippen molar-refractivity contribution >= 4 is 5.69 Å². The fourth-order valence-electron chi connectivity index (χ4n) is 0.642. The van der Waals surface area contributed by atoms with Gasteiger partial charge >= 0.3 is 0 Å². The van der Waals surface area contributed by atoms with E-state index in [9.17, 15) is 0 Å². The van der Waals surface area contributed by atoms with E-state index < -0.39 is 0 Å². The van der Waals surface area contributed by atoms with Gasteiger partial charge in [0.1, 0.15) is 0 Å². The fraction of sp³-hybridized carbons (Fsp3) is 0.286. The van der Waals surface area contributed by atoms with Gasteiger partial charge in [0.15, 0.2) is 0 Å². The first-order chi connectivity index (χ1) is 4.30. The molecule has 1 heterocycles. The largest absolute Gasteiger partial charge is 0.378 e. The number of nitrogens with zero attached hydrogens (tertiary/aromatic N) is 2. The summed E-state index contributed by atoms with van der Waals surface area (Å²) >= 11 is 0. The number of rotatable bonds is 1. The maximum Gasteiger partial charge on any atom is 0.0391 e. The van der Waals surface area contributed by atoms with Crippen LogP contribution in [0.4, 0.5) is 5.69 Å². The summed E-state index contributed by atoms with van der Waals surface area (Å²) in [5, 5.41) is 0. The van der Waals surface area contributed by atoms with Gasteiger partial charge in [0.05, 0.1) is 0 Å². The van der Waals surface area contributed by atoms with Crippen LogP contribution in [-0.2, 0) is 17.4 Å². The molecule has 3 heteroatoms. The zero-order valence-corrected chi connectivity index (χ0v) is 7.39. The summed E-state index contributed by atoms with van der Waals surface area (Å²) in [6.45, 7) is 0. The van der Waals surface area contributed by atoms with Crippen molar-refractivity contribution in [2.45, 2.75) is 0 Å². The minimum absolute atomic E-state index is 0. The van der Waals surface area contributed by atoms with Gasteiger partial charge in [-0.1, -0.05) is 0 Å². The molecule has 0 saturated heterocycles. The van der Waals surface area contributed by atoms with Crippen molar-refractivity contribution in [3.8, 4) is 0 Å². The van der Waals surface area contributed by atoms with Crippen LogP contribution in [0.5, 0.6) is 0 Å². The molecule has 0 unspecified atom stereocenters. The van der Waals surface area contributed by atoms with Crippen molar-refractivity contribution < 1.29 is 17.4 Å². The molecule has 1 rings (SSSR count). The second-order valence-electron chi connectivity index (χ2n) is 2.10. The second-order valence-corrected chi connectivity index (χ2v) is 2.10. The first-order valence-corrected chi connectivity index (χ1v) is 2.88. The molecule has 0 saturated carbocycles. The van der Waals surface area contributed by atoms with Gasteiger partial charge in [-0.05, 0) is 12.1 Å². The Balaban J connectivity index is 0.000000810. The Morgan fingerprint density at radius 1 is 1.20 bits per heavy atom. The van der Waals surface area contributed by atoms with Gasteiger partial charge < -0.3 is 4.90 Å². The monoisotopic (exact) mass is 174 g/mol. The van der Waals surface area contributed by atoms with E-state index in [2.05, 4.69) is 4.98 Å². The van der Waals surface area contributed by atoms with Gasteiger partial charge in [-0.2, -0.15) is 0 Å². The van der Waals surface area contributed by atoms with Crippen molar-refractivity contribution in [3.63, 3.8) is 0 Å². The summed E-state index contributed by atoms with van der Waals surface area (Å²) < 4.78 is 0. The van der Waals surface area contributed by atoms with Gasteiger partial charge in [0, 0.05) is 49.5 Å². The summed E-state index contributed by atoms with van der Waals surface area (Å²) in [5.74, 6) is 0. The third kappa shape index (κ3) is 2.38. The van der Waals surface area contributed by atoms with Crippen LogP contribution in [0.15, 0.2) is 24.5 Å². The Hall–Kier alpha value is -0.518. The van der Waals surface area contributed by atoms with Gasteiger partial charge in [0.2, 0.25) is 0 Å². The van der Waals surface area contributed by atoms with Crippen LogP contribution in [0, 0.1) is 0 Å². The maximum absolute atomic E-state index is 3.90. The third-order valence-electron chi connectivity index (χ3n) is 1.18. The van der Waals surface area contributed by atoms with Crippen LogP contribution in [0.25, 0.3) is 0 Å². The molecule has 54 valence electrons. The fourth-order valence-corrected chi connectivity index (χ4v) is 0.642. The molecule has 1 aromatic rings. The Bertz CT molecular complexity index is 174. The van der Waals surface area contributed by atoms with E-state index in [1.807, 2.05) is 31.1 Å². The first kappa shape index (κ1) is 9.48. The molecule has 0 N–H and O–H groups in total. The number of aromatic nitrogens is 1. The Kier molecular flexibility index (Phi) is 4.10. The molecule has 0 fully saturated rings. The molecule has 2 nitrogen and oxygen atoms in total. The van der Waals surface area contributed by atoms with Crippen LogP contribution in [0.2, 0.25) is 0 Å². The molecular weight excluding hydrogens is 164 g/mol. The summed E-state index contributed by atoms with van der Waals surface area (Å²) in [4.78, 5) is 5.94. The van der Waals surface area contributed by atoms with E-state index in [-0.39, 0.29) is 17.4 Å². The van der Waals surface area contributed by atoms with Gasteiger partial charge in [-0.25, -0.2) is 0 Å². The molecule has 0 bridgehead atoms. The standard InChI is InChI=1S/C7H10N2.Cr/c1-9(2)7-3-5-8-6-4-7;/h3-6H,1-2H3;. The van der Waals surface area contributed by atoms with E-state index in [1.54, 1.807) is 12.4 Å². The van der Waals surface area contributed by atoms with Crippen molar-refractivity contribution in [1.29, 1.82) is 0 Å². The van der Waals surface area contributed by atoms with Crippen LogP contribution in [-0.4, -0.2) is 19.1 Å². The smallest absolute Gasteiger partial charge is 0.0391 e. The topological polar surface area (TPSA) is 16.1 Å². The molecule has 0 atom stereocenters. The minimum Gasteiger partial charge on any atom is -0.378 e. The van der Waals surface area contributed by atoms with E-state index in [0.29, 0.717) is 0 Å². The van der Waals surface area contributed by atoms with Crippen LogP contribution >= 0.6 is 0 Å². The summed E-state index contributed by atoms with van der Waals surface area (Å²) in [5.41, 5.74) is 1.19. The van der Waals surface area contributed by atoms with Gasteiger partial charge in [-0.15, -0.1) is 0 Å². The van der Waals surface area contributed by atoms with Crippen LogP contribution in [0.3, 0.4) is 0 Å². The molecule has 0 aromatic carbocycles. The van der Waals surface area contributed by atoms with Crippen molar-refractivity contribution in [2.24, 2.45) is 0 Å². The SMILES string of the molecule is CN(C)c1ccncc1.[Cr]. The molecule has 0 aliphatic heterocycles. The molecule has 0 amide bonds. The van der Waals surface area contributed by atoms with E-state index in [1.165, 1.54) is 5.69 Å².